The molecule has 5 aromatic carbocycles. The maximum Gasteiger partial charge on any atom is 0.121 e. The minimum atomic E-state index is 0. The van der Waals surface area contributed by atoms with E-state index in [1.54, 1.807) is 6.20 Å². The fraction of sp³-hybridized carbons (Fsp3) is 0.186. The van der Waals surface area contributed by atoms with Crippen LogP contribution in [0, 0.1) is 12.1 Å². The van der Waals surface area contributed by atoms with E-state index < -0.39 is 0 Å². The second kappa shape index (κ2) is 12.4. The topological polar surface area (TPSA) is 51.8 Å². The van der Waals surface area contributed by atoms with Gasteiger partial charge in [0.25, 0.3) is 0 Å². The van der Waals surface area contributed by atoms with Crippen molar-refractivity contribution in [1.82, 2.24) is 15.0 Å². The second-order valence-corrected chi connectivity index (χ2v) is 13.8. The third-order valence-electron chi connectivity index (χ3n) is 9.70. The van der Waals surface area contributed by atoms with Crippen LogP contribution in [0.4, 0.5) is 0 Å². The molecule has 3 aromatic heterocycles. The summed E-state index contributed by atoms with van der Waals surface area (Å²) in [5.74, 6) is 0.689. The van der Waals surface area contributed by atoms with Gasteiger partial charge in [0.05, 0.1) is 11.4 Å². The van der Waals surface area contributed by atoms with Gasteiger partial charge in [-0.1, -0.05) is 87.2 Å². The maximum atomic E-state index is 6.52. The largest absolute Gasteiger partial charge is 0.501 e. The molecule has 0 unspecified atom stereocenters. The molecular weight excluding hydrogens is 767 g/mol. The number of nitrogens with zero attached hydrogens (tertiary/aromatic N) is 3. The van der Waals surface area contributed by atoms with Gasteiger partial charge < -0.3 is 9.40 Å². The van der Waals surface area contributed by atoms with Crippen LogP contribution in [-0.4, -0.2) is 15.0 Å². The summed E-state index contributed by atoms with van der Waals surface area (Å²) in [6, 6.07) is 41.6. The number of aromatic nitrogens is 3. The fourth-order valence-corrected chi connectivity index (χ4v) is 6.87. The molecule has 8 aromatic rings. The van der Waals surface area contributed by atoms with Crippen LogP contribution >= 0.6 is 0 Å². The van der Waals surface area contributed by atoms with Gasteiger partial charge >= 0.3 is 0 Å². The van der Waals surface area contributed by atoms with Gasteiger partial charge in [-0.3, -0.25) is 9.97 Å². The van der Waals surface area contributed by atoms with Crippen molar-refractivity contribution in [2.45, 2.75) is 51.4 Å². The summed E-state index contributed by atoms with van der Waals surface area (Å²) in [4.78, 5) is 14.2. The Labute approximate surface area is 294 Å². The Morgan fingerprint density at radius 2 is 1.46 bits per heavy atom. The van der Waals surface area contributed by atoms with Gasteiger partial charge in [-0.2, -0.15) is 0 Å². The third kappa shape index (κ3) is 5.61. The molecule has 239 valence electrons. The minimum absolute atomic E-state index is 0. The Kier molecular flexibility index (Phi) is 8.23. The molecule has 48 heavy (non-hydrogen) atoms. The number of pyridine rings is 1. The number of furan rings is 1. The quantitative estimate of drug-likeness (QED) is 0.129. The summed E-state index contributed by atoms with van der Waals surface area (Å²) in [5, 5.41) is 7.07. The van der Waals surface area contributed by atoms with Crippen molar-refractivity contribution in [3.8, 4) is 22.6 Å². The summed E-state index contributed by atoms with van der Waals surface area (Å²) in [6.45, 7) is 9.17. The number of hydrogen-bond acceptors (Lipinski definition) is 4. The van der Waals surface area contributed by atoms with Gasteiger partial charge in [-0.05, 0) is 69.3 Å². The first-order valence-electron chi connectivity index (χ1n) is 16.2. The van der Waals surface area contributed by atoms with E-state index in [0.29, 0.717) is 5.82 Å². The van der Waals surface area contributed by atoms with Crippen molar-refractivity contribution in [3.05, 3.63) is 139 Å². The SMILES string of the molecule is CC1(C)CCC(C)(C)c2nc(-c3[c-]ccc4c3oc3cc5c(ccc6ccccc65)cc34)ncc21.[Ir].[c-]1ccccc1-c1ccccn1. The van der Waals surface area contributed by atoms with Crippen molar-refractivity contribution < 1.29 is 24.5 Å². The van der Waals surface area contributed by atoms with Gasteiger partial charge in [0, 0.05) is 49.0 Å². The molecule has 0 atom stereocenters. The van der Waals surface area contributed by atoms with E-state index >= 15 is 0 Å². The number of benzene rings is 5. The molecule has 1 aliphatic carbocycles. The number of rotatable bonds is 2. The van der Waals surface area contributed by atoms with Crippen LogP contribution in [0.2, 0.25) is 0 Å². The molecular formula is C43H35IrN3O-2. The van der Waals surface area contributed by atoms with Crippen molar-refractivity contribution in [2.75, 3.05) is 0 Å². The van der Waals surface area contributed by atoms with Crippen molar-refractivity contribution in [3.63, 3.8) is 0 Å². The van der Waals surface area contributed by atoms with E-state index in [1.165, 1.54) is 27.1 Å². The zero-order chi connectivity index (χ0) is 32.2. The molecule has 1 radical (unpaired) electrons. The summed E-state index contributed by atoms with van der Waals surface area (Å²) >= 11 is 0. The maximum absolute atomic E-state index is 6.52. The smallest absolute Gasteiger partial charge is 0.121 e. The molecule has 0 saturated heterocycles. The second-order valence-electron chi connectivity index (χ2n) is 13.8. The van der Waals surface area contributed by atoms with E-state index in [4.69, 9.17) is 14.4 Å². The standard InChI is InChI=1S/C32H27N2O.C11H8N.Ir/c1-31(2)14-15-32(3,4)29-26(31)18-33-30(34-29)23-11-7-10-22-25-16-20-13-12-19-8-5-6-9-21(19)24(20)17-27(25)35-28(22)23;1-2-6-10(7-3-1)11-8-4-5-9-12-11;/h5-10,12-13,16-18H,14-15H2,1-4H3;1-6,8-9H;/q2*-1;. The van der Waals surface area contributed by atoms with Gasteiger partial charge in [0.2, 0.25) is 0 Å². The zero-order valence-corrected chi connectivity index (χ0v) is 29.9. The van der Waals surface area contributed by atoms with Crippen LogP contribution in [0.5, 0.6) is 0 Å². The monoisotopic (exact) mass is 802 g/mol. The van der Waals surface area contributed by atoms with Gasteiger partial charge in [-0.15, -0.1) is 54.1 Å². The molecule has 0 aliphatic heterocycles. The van der Waals surface area contributed by atoms with Crippen molar-refractivity contribution in [1.29, 1.82) is 0 Å². The summed E-state index contributed by atoms with van der Waals surface area (Å²) in [6.07, 6.45) is 6.08. The Morgan fingerprint density at radius 3 is 2.27 bits per heavy atom. The molecule has 4 nitrogen and oxygen atoms in total. The molecule has 0 bridgehead atoms. The van der Waals surface area contributed by atoms with Crippen molar-refractivity contribution >= 4 is 43.5 Å². The molecule has 3 heterocycles. The van der Waals surface area contributed by atoms with Gasteiger partial charge in [-0.25, -0.2) is 0 Å². The van der Waals surface area contributed by atoms with E-state index in [2.05, 4.69) is 99.4 Å². The Balaban J connectivity index is 0.000000237. The van der Waals surface area contributed by atoms with E-state index in [-0.39, 0.29) is 30.9 Å². The molecule has 0 saturated carbocycles. The number of hydrogen-bond donors (Lipinski definition) is 0. The predicted octanol–water partition coefficient (Wildman–Crippen LogP) is 11.0. The first kappa shape index (κ1) is 31.9. The summed E-state index contributed by atoms with van der Waals surface area (Å²) in [5.41, 5.74) is 7.03. The normalized spacial score (nSPS) is 14.7. The average Bonchev–Trinajstić information content (AvgIpc) is 3.48. The molecule has 0 fully saturated rings. The van der Waals surface area contributed by atoms with Gasteiger partial charge in [0.1, 0.15) is 5.58 Å². The Hall–Kier alpha value is -4.70. The Bertz CT molecular complexity index is 2380. The molecule has 9 rings (SSSR count). The van der Waals surface area contributed by atoms with E-state index in [1.807, 2.05) is 54.7 Å². The molecule has 5 heteroatoms. The summed E-state index contributed by atoms with van der Waals surface area (Å²) < 4.78 is 6.52. The molecule has 0 N–H and O–H groups in total. The predicted molar refractivity (Wildman–Crippen MR) is 192 cm³/mol. The molecule has 1 aliphatic rings. The molecule has 0 amide bonds. The third-order valence-corrected chi connectivity index (χ3v) is 9.70. The van der Waals surface area contributed by atoms with E-state index in [0.717, 1.165) is 57.3 Å². The average molecular weight is 802 g/mol. The minimum Gasteiger partial charge on any atom is -0.501 e. The van der Waals surface area contributed by atoms with Crippen LogP contribution in [-0.2, 0) is 30.9 Å². The van der Waals surface area contributed by atoms with Crippen LogP contribution in [0.1, 0.15) is 51.8 Å². The first-order valence-corrected chi connectivity index (χ1v) is 16.2. The molecule has 0 spiro atoms. The van der Waals surface area contributed by atoms with Crippen LogP contribution in [0.25, 0.3) is 66.1 Å². The summed E-state index contributed by atoms with van der Waals surface area (Å²) in [7, 11) is 0. The number of fused-ring (bicyclic) bond motifs is 7. The van der Waals surface area contributed by atoms with E-state index in [9.17, 15) is 0 Å². The zero-order valence-electron chi connectivity index (χ0n) is 27.5. The van der Waals surface area contributed by atoms with Crippen LogP contribution in [0.15, 0.2) is 120 Å². The fourth-order valence-electron chi connectivity index (χ4n) is 6.87. The van der Waals surface area contributed by atoms with Crippen LogP contribution < -0.4 is 0 Å². The first-order chi connectivity index (χ1) is 22.8. The van der Waals surface area contributed by atoms with Crippen molar-refractivity contribution in [2.24, 2.45) is 0 Å². The van der Waals surface area contributed by atoms with Gasteiger partial charge in [0.15, 0.2) is 0 Å². The van der Waals surface area contributed by atoms with Crippen LogP contribution in [0.3, 0.4) is 0 Å². The Morgan fingerprint density at radius 1 is 0.667 bits per heavy atom.